The molecular weight excluding hydrogens is 308 g/mol. The number of epoxide rings is 1. The highest BCUT2D eigenvalue weighted by atomic mass is 35.5. The molecular formula is C16H25ClO5. The average Bonchev–Trinajstić information content (AvgIpc) is 3.14. The monoisotopic (exact) mass is 332 g/mol. The van der Waals surface area contributed by atoms with Crippen molar-refractivity contribution >= 4 is 17.4 Å². The van der Waals surface area contributed by atoms with Gasteiger partial charge in [-0.1, -0.05) is 11.6 Å². The van der Waals surface area contributed by atoms with E-state index >= 15 is 0 Å². The van der Waals surface area contributed by atoms with Gasteiger partial charge in [0.05, 0.1) is 12.0 Å². The maximum Gasteiger partial charge on any atom is 0.164 e. The molecule has 0 unspecified atom stereocenters. The van der Waals surface area contributed by atoms with Gasteiger partial charge in [0.15, 0.2) is 11.4 Å². The molecule has 2 N–H and O–H groups in total. The Labute approximate surface area is 136 Å². The number of carbonyl (C=O) groups excluding carboxylic acids is 1. The Bertz CT molecular complexity index is 489. The van der Waals surface area contributed by atoms with E-state index in [-0.39, 0.29) is 30.6 Å². The van der Waals surface area contributed by atoms with Crippen LogP contribution in [0.25, 0.3) is 0 Å². The van der Waals surface area contributed by atoms with Crippen LogP contribution in [0.5, 0.6) is 0 Å². The second-order valence-electron chi connectivity index (χ2n) is 6.74. The van der Waals surface area contributed by atoms with Crippen molar-refractivity contribution in [3.8, 4) is 0 Å². The molecule has 6 heteroatoms. The fourth-order valence-electron chi connectivity index (χ4n) is 3.53. The summed E-state index contributed by atoms with van der Waals surface area (Å²) in [5, 5.41) is 22.2. The molecule has 2 rings (SSSR count). The molecule has 2 fully saturated rings. The number of rotatable bonds is 5. The van der Waals surface area contributed by atoms with Gasteiger partial charge in [0.25, 0.3) is 0 Å². The van der Waals surface area contributed by atoms with Crippen LogP contribution in [0.2, 0.25) is 0 Å². The fraction of sp³-hybridized carbons (Fsp3) is 0.812. The second kappa shape index (κ2) is 5.87. The van der Waals surface area contributed by atoms with Gasteiger partial charge in [0.2, 0.25) is 0 Å². The Balaban J connectivity index is 2.38. The number of methoxy groups -OCH3 is 1. The SMILES string of the molecule is CO[C@@H]1C(=O)CC[C@](O)(CCl)[C@@]1(O)[C@@]1(C)O[C@@H]1CC=C(C)C. The minimum atomic E-state index is -1.87. The maximum atomic E-state index is 12.2. The molecule has 0 aromatic rings. The molecule has 0 spiro atoms. The maximum absolute atomic E-state index is 12.2. The number of hydrogen-bond acceptors (Lipinski definition) is 5. The predicted molar refractivity (Wildman–Crippen MR) is 83.0 cm³/mol. The number of Topliss-reactive ketones (excluding diaryl/α,β-unsaturated/α-hetero) is 1. The van der Waals surface area contributed by atoms with E-state index in [9.17, 15) is 15.0 Å². The van der Waals surface area contributed by atoms with Crippen molar-refractivity contribution in [1.29, 1.82) is 0 Å². The topological polar surface area (TPSA) is 79.3 Å². The van der Waals surface area contributed by atoms with Crippen molar-refractivity contribution < 1.29 is 24.5 Å². The standard InChI is InChI=1S/C16H25ClO5/c1-10(2)5-6-12-14(3,22-12)16(20)13(21-4)11(18)7-8-15(16,19)9-17/h5,12-13,19-20H,6-9H2,1-4H3/t12-,13-,14+,15+,16+/m1/s1. The lowest BCUT2D eigenvalue weighted by Gasteiger charge is -2.51. The first-order valence-electron chi connectivity index (χ1n) is 7.53. The predicted octanol–water partition coefficient (Wildman–Crippen LogP) is 1.58. The van der Waals surface area contributed by atoms with Crippen LogP contribution in [0.15, 0.2) is 11.6 Å². The number of ether oxygens (including phenoxy) is 2. The molecule has 5 nitrogen and oxygen atoms in total. The van der Waals surface area contributed by atoms with Crippen LogP contribution in [0.3, 0.4) is 0 Å². The van der Waals surface area contributed by atoms with Gasteiger partial charge in [-0.25, -0.2) is 0 Å². The lowest BCUT2D eigenvalue weighted by molar-refractivity contribution is -0.240. The van der Waals surface area contributed by atoms with E-state index in [4.69, 9.17) is 21.1 Å². The van der Waals surface area contributed by atoms with Crippen molar-refractivity contribution in [2.45, 2.75) is 69.0 Å². The van der Waals surface area contributed by atoms with E-state index in [1.54, 1.807) is 6.92 Å². The molecule has 0 amide bonds. The van der Waals surface area contributed by atoms with Gasteiger partial charge in [-0.3, -0.25) is 4.79 Å². The van der Waals surface area contributed by atoms with Crippen LogP contribution in [-0.2, 0) is 14.3 Å². The molecule has 0 aromatic carbocycles. The number of aliphatic hydroxyl groups is 2. The van der Waals surface area contributed by atoms with Crippen molar-refractivity contribution in [2.24, 2.45) is 0 Å². The van der Waals surface area contributed by atoms with Gasteiger partial charge in [-0.15, -0.1) is 11.6 Å². The molecule has 1 heterocycles. The Hall–Kier alpha value is -0.460. The summed E-state index contributed by atoms with van der Waals surface area (Å²) in [6, 6.07) is 0. The number of hydrogen-bond donors (Lipinski definition) is 2. The Morgan fingerprint density at radius 3 is 2.64 bits per heavy atom. The highest BCUT2D eigenvalue weighted by Gasteiger charge is 2.76. The molecule has 126 valence electrons. The average molecular weight is 333 g/mol. The quantitative estimate of drug-likeness (QED) is 0.454. The lowest BCUT2D eigenvalue weighted by Crippen LogP contribution is -2.74. The summed E-state index contributed by atoms with van der Waals surface area (Å²) in [6.45, 7) is 5.66. The Morgan fingerprint density at radius 2 is 2.14 bits per heavy atom. The molecule has 0 radical (unpaired) electrons. The van der Waals surface area contributed by atoms with Crippen molar-refractivity contribution in [3.63, 3.8) is 0 Å². The van der Waals surface area contributed by atoms with Crippen LogP contribution in [0.1, 0.15) is 40.0 Å². The van der Waals surface area contributed by atoms with E-state index in [1.165, 1.54) is 7.11 Å². The summed E-state index contributed by atoms with van der Waals surface area (Å²) < 4.78 is 11.0. The van der Waals surface area contributed by atoms with Gasteiger partial charge in [0.1, 0.15) is 17.3 Å². The van der Waals surface area contributed by atoms with Crippen LogP contribution in [0, 0.1) is 0 Å². The number of ketones is 1. The Morgan fingerprint density at radius 1 is 1.50 bits per heavy atom. The second-order valence-corrected chi connectivity index (χ2v) is 7.01. The molecule has 1 aliphatic carbocycles. The molecule has 5 atom stereocenters. The van der Waals surface area contributed by atoms with Gasteiger partial charge < -0.3 is 19.7 Å². The van der Waals surface area contributed by atoms with E-state index in [0.717, 1.165) is 5.57 Å². The van der Waals surface area contributed by atoms with Crippen LogP contribution in [-0.4, -0.2) is 58.0 Å². The van der Waals surface area contributed by atoms with Gasteiger partial charge >= 0.3 is 0 Å². The first-order valence-corrected chi connectivity index (χ1v) is 8.07. The zero-order valence-electron chi connectivity index (χ0n) is 13.6. The van der Waals surface area contributed by atoms with Crippen molar-refractivity contribution in [2.75, 3.05) is 13.0 Å². The largest absolute Gasteiger partial charge is 0.385 e. The first-order chi connectivity index (χ1) is 10.2. The van der Waals surface area contributed by atoms with E-state index in [2.05, 4.69) is 0 Å². The third-order valence-corrected chi connectivity index (χ3v) is 5.51. The molecule has 1 saturated heterocycles. The number of carbonyl (C=O) groups is 1. The number of halogens is 1. The summed E-state index contributed by atoms with van der Waals surface area (Å²) >= 11 is 5.94. The zero-order chi connectivity index (χ0) is 16.8. The summed E-state index contributed by atoms with van der Waals surface area (Å²) in [6.07, 6.45) is 1.39. The smallest absolute Gasteiger partial charge is 0.164 e. The normalized spacial score (nSPS) is 44.8. The summed E-state index contributed by atoms with van der Waals surface area (Å²) in [5.74, 6) is -0.428. The number of alkyl halides is 1. The molecule has 2 aliphatic rings. The third kappa shape index (κ3) is 2.43. The number of allylic oxidation sites excluding steroid dienone is 1. The van der Waals surface area contributed by atoms with Crippen LogP contribution < -0.4 is 0 Å². The third-order valence-electron chi connectivity index (χ3n) is 5.06. The highest BCUT2D eigenvalue weighted by Crippen LogP contribution is 2.56. The molecule has 1 aliphatic heterocycles. The van der Waals surface area contributed by atoms with E-state index in [1.807, 2.05) is 19.9 Å². The van der Waals surface area contributed by atoms with Gasteiger partial charge in [0, 0.05) is 13.5 Å². The van der Waals surface area contributed by atoms with Crippen LogP contribution in [0.4, 0.5) is 0 Å². The Kier molecular flexibility index (Phi) is 4.78. The van der Waals surface area contributed by atoms with E-state index < -0.39 is 22.9 Å². The minimum Gasteiger partial charge on any atom is -0.385 e. The summed E-state index contributed by atoms with van der Waals surface area (Å²) in [4.78, 5) is 12.2. The summed E-state index contributed by atoms with van der Waals surface area (Å²) in [5.41, 5.74) is -3.43. The zero-order valence-corrected chi connectivity index (χ0v) is 14.3. The molecule has 0 aromatic heterocycles. The first kappa shape index (κ1) is 17.9. The molecule has 0 bridgehead atoms. The fourth-order valence-corrected chi connectivity index (χ4v) is 3.87. The van der Waals surface area contributed by atoms with Crippen molar-refractivity contribution in [1.82, 2.24) is 0 Å². The lowest BCUT2D eigenvalue weighted by atomic mass is 9.63. The minimum absolute atomic E-state index is 0.0972. The highest BCUT2D eigenvalue weighted by molar-refractivity contribution is 6.18. The molecule has 1 saturated carbocycles. The van der Waals surface area contributed by atoms with E-state index in [0.29, 0.717) is 6.42 Å². The van der Waals surface area contributed by atoms with Gasteiger partial charge in [-0.05, 0) is 33.6 Å². The summed E-state index contributed by atoms with van der Waals surface area (Å²) in [7, 11) is 1.35. The van der Waals surface area contributed by atoms with Crippen LogP contribution >= 0.6 is 11.6 Å². The molecule has 22 heavy (non-hydrogen) atoms. The van der Waals surface area contributed by atoms with Crippen molar-refractivity contribution in [3.05, 3.63) is 11.6 Å². The van der Waals surface area contributed by atoms with Gasteiger partial charge in [-0.2, -0.15) is 0 Å².